The smallest absolute Gasteiger partial charge is 0.0874 e. The Bertz CT molecular complexity index is 127. The van der Waals surface area contributed by atoms with Crippen molar-refractivity contribution < 1.29 is 5.11 Å². The third-order valence-electron chi connectivity index (χ3n) is 0.572. The molecule has 0 saturated heterocycles. The van der Waals surface area contributed by atoms with Gasteiger partial charge in [-0.1, -0.05) is 29.6 Å². The number of hydrogen-bond donors (Lipinski definition) is 1. The largest absolute Gasteiger partial charge is 0.392 e. The van der Waals surface area contributed by atoms with Crippen molar-refractivity contribution in [3.05, 3.63) is 23.6 Å². The van der Waals surface area contributed by atoms with Gasteiger partial charge in [-0.25, -0.2) is 0 Å². The quantitative estimate of drug-likeness (QED) is 0.440. The number of allylic oxidation sites excluding steroid dienone is 2. The topological polar surface area (TPSA) is 20.2 Å². The lowest BCUT2D eigenvalue weighted by atomic mass is 10.5. The van der Waals surface area contributed by atoms with E-state index in [9.17, 15) is 0 Å². The van der Waals surface area contributed by atoms with Crippen molar-refractivity contribution >= 4 is 57.9 Å². The molecule has 0 unspecified atom stereocenters. The summed E-state index contributed by atoms with van der Waals surface area (Å²) >= 11 is 6.59. The molecule has 58 valence electrons. The van der Waals surface area contributed by atoms with Gasteiger partial charge in [0.2, 0.25) is 0 Å². The summed E-state index contributed by atoms with van der Waals surface area (Å²) < 4.78 is 0.0521. The van der Waals surface area contributed by atoms with Gasteiger partial charge in [0.25, 0.3) is 0 Å². The Balaban J connectivity index is 3.28. The Labute approximate surface area is 92.2 Å². The third-order valence-corrected chi connectivity index (χ3v) is 5.95. The predicted molar refractivity (Wildman–Crippen MR) is 67.9 cm³/mol. The van der Waals surface area contributed by atoms with Gasteiger partial charge in [0, 0.05) is 0 Å². The minimum Gasteiger partial charge on any atom is -0.392 e. The van der Waals surface area contributed by atoms with E-state index in [0.717, 1.165) is 0 Å². The fourth-order valence-electron chi connectivity index (χ4n) is 0.266. The van der Waals surface area contributed by atoms with Crippen LogP contribution in [0.3, 0.4) is 0 Å². The second kappa shape index (κ2) is 8.77. The first-order valence-electron chi connectivity index (χ1n) is 2.48. The number of halogens is 2. The van der Waals surface area contributed by atoms with Crippen LogP contribution in [0.2, 0.25) is 0 Å². The second-order valence-corrected chi connectivity index (χ2v) is 19.1. The van der Waals surface area contributed by atoms with Crippen LogP contribution in [0.15, 0.2) is 23.6 Å². The summed E-state index contributed by atoms with van der Waals surface area (Å²) in [4.78, 5) is 0. The molecule has 0 amide bonds. The lowest BCUT2D eigenvalue weighted by Crippen LogP contribution is -1.66. The molecule has 0 radical (unpaired) electrons. The summed E-state index contributed by atoms with van der Waals surface area (Å²) in [5.41, 5.74) is 0. The lowest BCUT2D eigenvalue weighted by Gasteiger charge is -1.89. The fraction of sp³-hybridized carbons (Fsp3) is 0.200. The van der Waals surface area contributed by atoms with E-state index in [4.69, 9.17) is 5.11 Å². The first kappa shape index (κ1) is 11.7. The van der Waals surface area contributed by atoms with E-state index in [2.05, 4.69) is 44.1 Å². The molecule has 0 saturated carbocycles. The van der Waals surface area contributed by atoms with Gasteiger partial charge < -0.3 is 5.11 Å². The van der Waals surface area contributed by atoms with Crippen molar-refractivity contribution in [3.63, 3.8) is 0 Å². The van der Waals surface area contributed by atoms with Gasteiger partial charge >= 0.3 is 0 Å². The Morgan fingerprint density at radius 1 is 1.40 bits per heavy atom. The van der Waals surface area contributed by atoms with E-state index in [1.54, 1.807) is 17.5 Å². The third kappa shape index (κ3) is 9.68. The van der Waals surface area contributed by atoms with Crippen molar-refractivity contribution in [1.82, 2.24) is 0 Å². The molecule has 0 heterocycles. The SMILES string of the molecule is OC/C=C/C=C\SP(I)I. The van der Waals surface area contributed by atoms with Gasteiger partial charge in [0.15, 0.2) is 0 Å². The normalized spacial score (nSPS) is 12.4. The molecule has 0 aromatic rings. The zero-order chi connectivity index (χ0) is 7.82. The summed E-state index contributed by atoms with van der Waals surface area (Å²) in [5.74, 6) is 0. The van der Waals surface area contributed by atoms with Crippen LogP contribution < -0.4 is 0 Å². The van der Waals surface area contributed by atoms with Gasteiger partial charge in [-0.15, -0.1) is 0 Å². The Hall–Kier alpha value is 1.68. The highest BCUT2D eigenvalue weighted by atomic mass is 127. The van der Waals surface area contributed by atoms with Crippen LogP contribution in [0, 0.1) is 0 Å². The summed E-state index contributed by atoms with van der Waals surface area (Å²) in [6, 6.07) is 0. The van der Waals surface area contributed by atoms with Crippen LogP contribution in [-0.2, 0) is 0 Å². The van der Waals surface area contributed by atoms with E-state index in [1.165, 1.54) is 0 Å². The van der Waals surface area contributed by atoms with Crippen molar-refractivity contribution in [2.24, 2.45) is 0 Å². The molecule has 0 aliphatic carbocycles. The van der Waals surface area contributed by atoms with E-state index in [1.807, 2.05) is 17.6 Å². The number of hydrogen-bond acceptors (Lipinski definition) is 2. The highest BCUT2D eigenvalue weighted by molar-refractivity contribution is 14.3. The molecule has 0 aromatic carbocycles. The monoisotopic (exact) mass is 400 g/mol. The molecule has 0 atom stereocenters. The molecule has 0 aromatic heterocycles. The van der Waals surface area contributed by atoms with Gasteiger partial charge in [0.05, 0.1) is 9.02 Å². The van der Waals surface area contributed by atoms with Crippen LogP contribution in [0.5, 0.6) is 0 Å². The maximum absolute atomic E-state index is 8.35. The Morgan fingerprint density at radius 3 is 2.60 bits per heavy atom. The highest BCUT2D eigenvalue weighted by Gasteiger charge is 1.89. The van der Waals surface area contributed by atoms with Gasteiger partial charge in [-0.2, -0.15) is 0 Å². The maximum Gasteiger partial charge on any atom is 0.0874 e. The van der Waals surface area contributed by atoms with Crippen molar-refractivity contribution in [3.8, 4) is 0 Å². The summed E-state index contributed by atoms with van der Waals surface area (Å²) in [6.45, 7) is 0.123. The number of rotatable bonds is 4. The van der Waals surface area contributed by atoms with E-state index < -0.39 is 0 Å². The zero-order valence-electron chi connectivity index (χ0n) is 5.08. The molecule has 0 aliphatic rings. The van der Waals surface area contributed by atoms with Crippen LogP contribution in [0.1, 0.15) is 0 Å². The van der Waals surface area contributed by atoms with Crippen LogP contribution in [0.25, 0.3) is 0 Å². The molecule has 0 fully saturated rings. The fourth-order valence-corrected chi connectivity index (χ4v) is 3.37. The minimum atomic E-state index is 0.0521. The number of aliphatic hydroxyl groups excluding tert-OH is 1. The van der Waals surface area contributed by atoms with Crippen molar-refractivity contribution in [2.45, 2.75) is 0 Å². The molecule has 5 heteroatoms. The van der Waals surface area contributed by atoms with E-state index in [0.29, 0.717) is 0 Å². The molecular formula is C5H7I2OPS. The Kier molecular flexibility index (Phi) is 10.2. The molecule has 0 rings (SSSR count). The van der Waals surface area contributed by atoms with E-state index >= 15 is 0 Å². The lowest BCUT2D eigenvalue weighted by molar-refractivity contribution is 0.343. The van der Waals surface area contributed by atoms with Gasteiger partial charge in [-0.05, 0) is 49.5 Å². The molecular weight excluding hydrogens is 393 g/mol. The van der Waals surface area contributed by atoms with Gasteiger partial charge in [-0.3, -0.25) is 0 Å². The second-order valence-electron chi connectivity index (χ2n) is 1.25. The average Bonchev–Trinajstić information content (AvgIpc) is 1.87. The van der Waals surface area contributed by atoms with Crippen molar-refractivity contribution in [2.75, 3.05) is 6.61 Å². The van der Waals surface area contributed by atoms with E-state index in [-0.39, 0.29) is 9.02 Å². The zero-order valence-corrected chi connectivity index (χ0v) is 11.1. The molecule has 0 spiro atoms. The van der Waals surface area contributed by atoms with Crippen LogP contribution >= 0.6 is 57.9 Å². The summed E-state index contributed by atoms with van der Waals surface area (Å²) in [5, 5.41) is 10.4. The summed E-state index contributed by atoms with van der Waals surface area (Å²) in [6.07, 6.45) is 5.49. The first-order valence-corrected chi connectivity index (χ1v) is 10.9. The van der Waals surface area contributed by atoms with Gasteiger partial charge in [0.1, 0.15) is 0 Å². The molecule has 0 bridgehead atoms. The van der Waals surface area contributed by atoms with Crippen molar-refractivity contribution in [1.29, 1.82) is 0 Å². The molecule has 1 N–H and O–H groups in total. The molecule has 1 nitrogen and oxygen atoms in total. The number of aliphatic hydroxyl groups is 1. The molecule has 0 aliphatic heterocycles. The van der Waals surface area contributed by atoms with Crippen LogP contribution in [0.4, 0.5) is 0 Å². The molecule has 10 heavy (non-hydrogen) atoms. The Morgan fingerprint density at radius 2 is 2.10 bits per heavy atom. The minimum absolute atomic E-state index is 0.0521. The predicted octanol–water partition coefficient (Wildman–Crippen LogP) is 3.88. The standard InChI is InChI=1S/C5H7I2OPS/c6-9(7)10-5-3-1-2-4-8/h1-3,5,8H,4H2/b2-1+,5-3-. The average molecular weight is 400 g/mol. The highest BCUT2D eigenvalue weighted by Crippen LogP contribution is 2.65. The summed E-state index contributed by atoms with van der Waals surface area (Å²) in [7, 11) is 0. The maximum atomic E-state index is 8.35. The van der Waals surface area contributed by atoms with Crippen LogP contribution in [-0.4, -0.2) is 11.7 Å². The first-order chi connectivity index (χ1) is 4.77.